The minimum Gasteiger partial charge on any atom is -0.494 e. The second kappa shape index (κ2) is 6.80. The van der Waals surface area contributed by atoms with Crippen molar-refractivity contribution in [3.8, 4) is 5.75 Å². The Bertz CT molecular complexity index is 516. The Kier molecular flexibility index (Phi) is 5.07. The molecule has 1 aromatic carbocycles. The molecule has 0 spiro atoms. The topological polar surface area (TPSA) is 64.8 Å². The van der Waals surface area contributed by atoms with Crippen molar-refractivity contribution in [2.45, 2.75) is 39.8 Å². The van der Waals surface area contributed by atoms with Crippen LogP contribution < -0.4 is 10.5 Å². The first-order valence-electron chi connectivity index (χ1n) is 7.54. The lowest BCUT2D eigenvalue weighted by atomic mass is 9.91. The summed E-state index contributed by atoms with van der Waals surface area (Å²) < 4.78 is 10.8. The molecule has 116 valence electrons. The summed E-state index contributed by atoms with van der Waals surface area (Å²) >= 11 is 0. The highest BCUT2D eigenvalue weighted by Gasteiger charge is 2.29. The predicted molar refractivity (Wildman–Crippen MR) is 81.3 cm³/mol. The molecule has 1 atom stereocenters. The number of nitrogens with zero attached hydrogens (tertiary/aromatic N) is 1. The van der Waals surface area contributed by atoms with E-state index in [4.69, 9.17) is 15.2 Å². The Balaban J connectivity index is 2.33. The van der Waals surface area contributed by atoms with Crippen molar-refractivity contribution in [2.24, 2.45) is 5.73 Å². The maximum Gasteiger partial charge on any atom is 0.410 e. The van der Waals surface area contributed by atoms with Crippen LogP contribution in [0.5, 0.6) is 5.75 Å². The van der Waals surface area contributed by atoms with Gasteiger partial charge < -0.3 is 20.1 Å². The summed E-state index contributed by atoms with van der Waals surface area (Å²) in [4.78, 5) is 13.8. The normalized spacial score (nSPS) is 17.3. The number of carbonyl (C=O) groups is 1. The lowest BCUT2D eigenvalue weighted by Crippen LogP contribution is -2.39. The highest BCUT2D eigenvalue weighted by atomic mass is 16.6. The zero-order valence-corrected chi connectivity index (χ0v) is 13.0. The molecule has 1 aliphatic rings. The van der Waals surface area contributed by atoms with Gasteiger partial charge in [0.1, 0.15) is 5.75 Å². The number of benzene rings is 1. The molecule has 5 heteroatoms. The number of ether oxygens (including phenoxy) is 2. The Morgan fingerprint density at radius 1 is 1.38 bits per heavy atom. The second-order valence-electron chi connectivity index (χ2n) is 5.11. The van der Waals surface area contributed by atoms with Crippen LogP contribution in [-0.4, -0.2) is 30.8 Å². The fourth-order valence-electron chi connectivity index (χ4n) is 2.80. The smallest absolute Gasteiger partial charge is 0.410 e. The van der Waals surface area contributed by atoms with Crippen LogP contribution in [0.3, 0.4) is 0 Å². The molecule has 0 saturated heterocycles. The van der Waals surface area contributed by atoms with E-state index in [1.807, 2.05) is 26.8 Å². The van der Waals surface area contributed by atoms with Crippen LogP contribution in [0.1, 0.15) is 43.5 Å². The second-order valence-corrected chi connectivity index (χ2v) is 5.11. The van der Waals surface area contributed by atoms with Crippen molar-refractivity contribution < 1.29 is 14.3 Å². The van der Waals surface area contributed by atoms with Gasteiger partial charge in [-0.2, -0.15) is 0 Å². The monoisotopic (exact) mass is 292 g/mol. The van der Waals surface area contributed by atoms with E-state index in [0.29, 0.717) is 26.3 Å². The average molecular weight is 292 g/mol. The molecule has 2 N–H and O–H groups in total. The summed E-state index contributed by atoms with van der Waals surface area (Å²) in [7, 11) is 0. The Labute approximate surface area is 126 Å². The fraction of sp³-hybridized carbons (Fsp3) is 0.562. The van der Waals surface area contributed by atoms with Gasteiger partial charge in [0.2, 0.25) is 0 Å². The molecule has 1 unspecified atom stereocenters. The van der Waals surface area contributed by atoms with Crippen molar-refractivity contribution in [3.63, 3.8) is 0 Å². The fourth-order valence-corrected chi connectivity index (χ4v) is 2.80. The van der Waals surface area contributed by atoms with Crippen molar-refractivity contribution in [1.82, 2.24) is 4.90 Å². The van der Waals surface area contributed by atoms with Crippen LogP contribution in [0.4, 0.5) is 4.79 Å². The molecule has 0 bridgehead atoms. The van der Waals surface area contributed by atoms with Gasteiger partial charge in [-0.25, -0.2) is 4.79 Å². The summed E-state index contributed by atoms with van der Waals surface area (Å²) in [5.41, 5.74) is 9.18. The third-order valence-corrected chi connectivity index (χ3v) is 3.88. The van der Waals surface area contributed by atoms with Crippen molar-refractivity contribution in [2.75, 3.05) is 19.8 Å². The number of rotatable bonds is 4. The van der Waals surface area contributed by atoms with Crippen LogP contribution in [0, 0.1) is 0 Å². The maximum absolute atomic E-state index is 12.0. The Morgan fingerprint density at radius 2 is 2.14 bits per heavy atom. The Hall–Kier alpha value is -1.75. The standard InChI is InChI=1S/C16H24N2O3/c1-4-20-15-9-14-11(3)18(16(19)21-5-2)7-6-12(14)8-13(15)10-17/h8-9,11H,4-7,10,17H2,1-3H3. The van der Waals surface area contributed by atoms with Gasteiger partial charge in [0.05, 0.1) is 19.3 Å². The maximum atomic E-state index is 12.0. The van der Waals surface area contributed by atoms with E-state index in [2.05, 4.69) is 6.07 Å². The highest BCUT2D eigenvalue weighted by Crippen LogP contribution is 2.34. The molecule has 5 nitrogen and oxygen atoms in total. The molecule has 0 saturated carbocycles. The largest absolute Gasteiger partial charge is 0.494 e. The van der Waals surface area contributed by atoms with Crippen molar-refractivity contribution in [3.05, 3.63) is 28.8 Å². The molecule has 1 aromatic rings. The number of nitrogens with two attached hydrogens (primary N) is 1. The third-order valence-electron chi connectivity index (χ3n) is 3.88. The van der Waals surface area contributed by atoms with Crippen LogP contribution >= 0.6 is 0 Å². The van der Waals surface area contributed by atoms with E-state index in [1.54, 1.807) is 4.90 Å². The first kappa shape index (κ1) is 15.6. The van der Waals surface area contributed by atoms with E-state index in [0.717, 1.165) is 23.3 Å². The molecular weight excluding hydrogens is 268 g/mol. The van der Waals surface area contributed by atoms with Gasteiger partial charge in [-0.05, 0) is 44.4 Å². The van der Waals surface area contributed by atoms with Gasteiger partial charge in [-0.1, -0.05) is 6.07 Å². The molecule has 0 aliphatic carbocycles. The molecule has 0 aromatic heterocycles. The highest BCUT2D eigenvalue weighted by molar-refractivity contribution is 5.69. The first-order chi connectivity index (χ1) is 10.1. The summed E-state index contributed by atoms with van der Waals surface area (Å²) in [6.07, 6.45) is 0.564. The lowest BCUT2D eigenvalue weighted by Gasteiger charge is -2.35. The summed E-state index contributed by atoms with van der Waals surface area (Å²) in [5, 5.41) is 0. The number of amides is 1. The number of hydrogen-bond acceptors (Lipinski definition) is 4. The first-order valence-corrected chi connectivity index (χ1v) is 7.54. The van der Waals surface area contributed by atoms with Crippen LogP contribution in [0.25, 0.3) is 0 Å². The van der Waals surface area contributed by atoms with Crippen molar-refractivity contribution in [1.29, 1.82) is 0 Å². The summed E-state index contributed by atoms with van der Waals surface area (Å²) in [5.74, 6) is 0.816. The molecule has 1 heterocycles. The molecule has 21 heavy (non-hydrogen) atoms. The van der Waals surface area contributed by atoms with Gasteiger partial charge in [-0.3, -0.25) is 0 Å². The van der Waals surface area contributed by atoms with E-state index in [-0.39, 0.29) is 12.1 Å². The van der Waals surface area contributed by atoms with Crippen LogP contribution in [-0.2, 0) is 17.7 Å². The van der Waals surface area contributed by atoms with Crippen LogP contribution in [0.2, 0.25) is 0 Å². The zero-order chi connectivity index (χ0) is 15.4. The molecule has 0 fully saturated rings. The molecule has 0 radical (unpaired) electrons. The van der Waals surface area contributed by atoms with Crippen LogP contribution in [0.15, 0.2) is 12.1 Å². The SMILES string of the molecule is CCOC(=O)N1CCc2cc(CN)c(OCC)cc2C1C. The molecule has 1 aliphatic heterocycles. The lowest BCUT2D eigenvalue weighted by molar-refractivity contribution is 0.0900. The van der Waals surface area contributed by atoms with E-state index in [9.17, 15) is 4.79 Å². The van der Waals surface area contributed by atoms with E-state index < -0.39 is 0 Å². The number of fused-ring (bicyclic) bond motifs is 1. The van der Waals surface area contributed by atoms with E-state index >= 15 is 0 Å². The van der Waals surface area contributed by atoms with Crippen molar-refractivity contribution >= 4 is 6.09 Å². The van der Waals surface area contributed by atoms with Gasteiger partial charge in [0, 0.05) is 18.7 Å². The third kappa shape index (κ3) is 3.13. The predicted octanol–water partition coefficient (Wildman–Crippen LogP) is 2.62. The quantitative estimate of drug-likeness (QED) is 0.926. The van der Waals surface area contributed by atoms with Gasteiger partial charge in [0.25, 0.3) is 0 Å². The molecule has 1 amide bonds. The number of carbonyl (C=O) groups excluding carboxylic acids is 1. The summed E-state index contributed by atoms with van der Waals surface area (Å²) in [6, 6.07) is 4.12. The average Bonchev–Trinajstić information content (AvgIpc) is 2.48. The van der Waals surface area contributed by atoms with Gasteiger partial charge >= 0.3 is 6.09 Å². The zero-order valence-electron chi connectivity index (χ0n) is 13.0. The number of hydrogen-bond donors (Lipinski definition) is 1. The minimum absolute atomic E-state index is 0.0150. The van der Waals surface area contributed by atoms with E-state index in [1.165, 1.54) is 5.56 Å². The summed E-state index contributed by atoms with van der Waals surface area (Å²) in [6.45, 7) is 7.92. The van der Waals surface area contributed by atoms with Gasteiger partial charge in [-0.15, -0.1) is 0 Å². The molecule has 2 rings (SSSR count). The minimum atomic E-state index is -0.253. The molecular formula is C16H24N2O3. The van der Waals surface area contributed by atoms with Gasteiger partial charge in [0.15, 0.2) is 0 Å². The Morgan fingerprint density at radius 3 is 2.76 bits per heavy atom.